The first-order chi connectivity index (χ1) is 13.0. The quantitative estimate of drug-likeness (QED) is 0.628. The van der Waals surface area contributed by atoms with Crippen molar-refractivity contribution in [3.05, 3.63) is 39.8 Å². The van der Waals surface area contributed by atoms with E-state index in [-0.39, 0.29) is 18.3 Å². The molecule has 0 atom stereocenters. The summed E-state index contributed by atoms with van der Waals surface area (Å²) in [6.07, 6.45) is 1.44. The van der Waals surface area contributed by atoms with Crippen LogP contribution >= 0.6 is 23.7 Å². The Morgan fingerprint density at radius 3 is 2.54 bits per heavy atom. The lowest BCUT2D eigenvalue weighted by Gasteiger charge is -2.24. The molecule has 0 radical (unpaired) electrons. The molecule has 1 aromatic heterocycles. The fourth-order valence-corrected chi connectivity index (χ4v) is 3.61. The predicted octanol–water partition coefficient (Wildman–Crippen LogP) is 3.42. The van der Waals surface area contributed by atoms with Crippen molar-refractivity contribution in [3.63, 3.8) is 0 Å². The molecule has 28 heavy (non-hydrogen) atoms. The highest BCUT2D eigenvalue weighted by Gasteiger charge is 2.20. The van der Waals surface area contributed by atoms with Crippen LogP contribution < -0.4 is 15.2 Å². The number of carbonyl (C=O) groups is 1. The van der Waals surface area contributed by atoms with Crippen LogP contribution in [0.3, 0.4) is 0 Å². The Morgan fingerprint density at radius 1 is 1.21 bits per heavy atom. The molecule has 1 heterocycles. The van der Waals surface area contributed by atoms with Crippen molar-refractivity contribution in [2.45, 2.75) is 26.7 Å². The summed E-state index contributed by atoms with van der Waals surface area (Å²) in [7, 11) is 3.24. The van der Waals surface area contributed by atoms with Gasteiger partial charge in [-0.25, -0.2) is 4.98 Å². The third kappa shape index (κ3) is 6.65. The molecular weight excluding hydrogens is 398 g/mol. The minimum Gasteiger partial charge on any atom is -0.493 e. The smallest absolute Gasteiger partial charge is 0.273 e. The first-order valence-electron chi connectivity index (χ1n) is 9.13. The number of ether oxygens (including phenoxy) is 2. The Kier molecular flexibility index (Phi) is 10.3. The average Bonchev–Trinajstić information content (AvgIpc) is 3.13. The number of hydrogen-bond donors (Lipinski definition) is 1. The van der Waals surface area contributed by atoms with Gasteiger partial charge in [0.2, 0.25) is 0 Å². The normalized spacial score (nSPS) is 10.5. The van der Waals surface area contributed by atoms with E-state index in [9.17, 15) is 4.79 Å². The molecule has 0 bridgehead atoms. The summed E-state index contributed by atoms with van der Waals surface area (Å²) in [5.74, 6) is 1.75. The Morgan fingerprint density at radius 2 is 1.93 bits per heavy atom. The van der Waals surface area contributed by atoms with Crippen LogP contribution in [0.4, 0.5) is 0 Å². The molecular formula is C20H30ClN3O3S. The largest absolute Gasteiger partial charge is 0.493 e. The highest BCUT2D eigenvalue weighted by atomic mass is 35.5. The van der Waals surface area contributed by atoms with E-state index in [2.05, 4.69) is 18.8 Å². The van der Waals surface area contributed by atoms with Gasteiger partial charge in [0.05, 0.1) is 19.2 Å². The van der Waals surface area contributed by atoms with Gasteiger partial charge < -0.3 is 20.1 Å². The number of nitrogens with two attached hydrogens (primary N) is 1. The number of aromatic nitrogens is 1. The molecule has 156 valence electrons. The zero-order valence-electron chi connectivity index (χ0n) is 16.9. The summed E-state index contributed by atoms with van der Waals surface area (Å²) in [5, 5.41) is 2.74. The number of thiazole rings is 1. The molecule has 0 aliphatic heterocycles. The molecule has 0 aliphatic carbocycles. The van der Waals surface area contributed by atoms with Crippen LogP contribution in [0, 0.1) is 5.92 Å². The van der Waals surface area contributed by atoms with Gasteiger partial charge in [-0.15, -0.1) is 23.7 Å². The van der Waals surface area contributed by atoms with Gasteiger partial charge in [0, 0.05) is 24.9 Å². The molecule has 2 aromatic rings. The number of benzene rings is 1. The second kappa shape index (κ2) is 11.9. The maximum atomic E-state index is 12.9. The van der Waals surface area contributed by atoms with Crippen LogP contribution in [0.25, 0.3) is 0 Å². The van der Waals surface area contributed by atoms with Gasteiger partial charge in [0.1, 0.15) is 5.69 Å². The van der Waals surface area contributed by atoms with E-state index in [0.29, 0.717) is 49.2 Å². The molecule has 0 spiro atoms. The Hall–Kier alpha value is -1.83. The third-order valence-corrected chi connectivity index (χ3v) is 5.03. The fourth-order valence-electron chi connectivity index (χ4n) is 2.83. The Labute approximate surface area is 177 Å². The molecule has 0 fully saturated rings. The van der Waals surface area contributed by atoms with E-state index in [1.807, 2.05) is 28.5 Å². The summed E-state index contributed by atoms with van der Waals surface area (Å²) in [4.78, 5) is 19.3. The molecule has 2 N–H and O–H groups in total. The van der Waals surface area contributed by atoms with Crippen molar-refractivity contribution >= 4 is 29.7 Å². The van der Waals surface area contributed by atoms with Crippen molar-refractivity contribution < 1.29 is 14.3 Å². The maximum absolute atomic E-state index is 12.9. The molecule has 2 rings (SSSR count). The van der Waals surface area contributed by atoms with Gasteiger partial charge in [-0.1, -0.05) is 19.9 Å². The minimum atomic E-state index is -0.0244. The lowest BCUT2D eigenvalue weighted by molar-refractivity contribution is 0.0732. The molecule has 1 amide bonds. The highest BCUT2D eigenvalue weighted by molar-refractivity contribution is 7.09. The summed E-state index contributed by atoms with van der Waals surface area (Å²) in [5.41, 5.74) is 7.18. The molecule has 0 saturated carbocycles. The molecule has 0 unspecified atom stereocenters. The van der Waals surface area contributed by atoms with Crippen molar-refractivity contribution in [2.75, 3.05) is 33.9 Å². The van der Waals surface area contributed by atoms with Crippen LogP contribution in [-0.2, 0) is 12.8 Å². The Bertz CT molecular complexity index is 752. The number of amides is 1. The SMILES string of the molecule is COc1ccc(CCN(CC(C)C)C(=O)c2csc(CCN)n2)cc1OC.Cl. The average molecular weight is 428 g/mol. The van der Waals surface area contributed by atoms with Gasteiger partial charge in [0.15, 0.2) is 11.5 Å². The lowest BCUT2D eigenvalue weighted by Crippen LogP contribution is -2.36. The zero-order chi connectivity index (χ0) is 19.8. The number of halogens is 1. The summed E-state index contributed by atoms with van der Waals surface area (Å²) >= 11 is 1.49. The third-order valence-electron chi connectivity index (χ3n) is 4.12. The van der Waals surface area contributed by atoms with Gasteiger partial charge in [-0.2, -0.15) is 0 Å². The van der Waals surface area contributed by atoms with Gasteiger partial charge in [0.25, 0.3) is 5.91 Å². The fraction of sp³-hybridized carbons (Fsp3) is 0.500. The van der Waals surface area contributed by atoms with Gasteiger partial charge in [-0.3, -0.25) is 4.79 Å². The predicted molar refractivity (Wildman–Crippen MR) is 116 cm³/mol. The number of methoxy groups -OCH3 is 2. The summed E-state index contributed by atoms with van der Waals surface area (Å²) < 4.78 is 10.6. The van der Waals surface area contributed by atoms with Crippen LogP contribution in [0.1, 0.15) is 34.9 Å². The van der Waals surface area contributed by atoms with Gasteiger partial charge in [-0.05, 0) is 36.6 Å². The monoisotopic (exact) mass is 427 g/mol. The molecule has 8 heteroatoms. The van der Waals surface area contributed by atoms with E-state index < -0.39 is 0 Å². The van der Waals surface area contributed by atoms with E-state index in [1.165, 1.54) is 11.3 Å². The highest BCUT2D eigenvalue weighted by Crippen LogP contribution is 2.27. The molecule has 6 nitrogen and oxygen atoms in total. The first kappa shape index (κ1) is 24.2. The van der Waals surface area contributed by atoms with E-state index >= 15 is 0 Å². The topological polar surface area (TPSA) is 77.7 Å². The van der Waals surface area contributed by atoms with Crippen molar-refractivity contribution in [1.29, 1.82) is 0 Å². The number of rotatable bonds is 10. The molecule has 0 aliphatic rings. The second-order valence-electron chi connectivity index (χ2n) is 6.75. The maximum Gasteiger partial charge on any atom is 0.273 e. The molecule has 0 saturated heterocycles. The molecule has 1 aromatic carbocycles. The zero-order valence-corrected chi connectivity index (χ0v) is 18.6. The van der Waals surface area contributed by atoms with Crippen molar-refractivity contribution in [3.8, 4) is 11.5 Å². The summed E-state index contributed by atoms with van der Waals surface area (Å²) in [6.45, 7) is 6.07. The minimum absolute atomic E-state index is 0. The standard InChI is InChI=1S/C20H29N3O3S.ClH/c1-14(2)12-23(20(24)16-13-27-19(22-16)7-9-21)10-8-15-5-6-17(25-3)18(11-15)26-4;/h5-6,11,13-14H,7-10,12,21H2,1-4H3;1H. The first-order valence-corrected chi connectivity index (χ1v) is 10.0. The van der Waals surface area contributed by atoms with Crippen LogP contribution in [0.15, 0.2) is 23.6 Å². The van der Waals surface area contributed by atoms with Gasteiger partial charge >= 0.3 is 0 Å². The number of hydrogen-bond acceptors (Lipinski definition) is 6. The van der Waals surface area contributed by atoms with E-state index in [0.717, 1.165) is 17.0 Å². The number of carbonyl (C=O) groups excluding carboxylic acids is 1. The van der Waals surface area contributed by atoms with Crippen molar-refractivity contribution in [2.24, 2.45) is 11.7 Å². The lowest BCUT2D eigenvalue weighted by atomic mass is 10.1. The van der Waals surface area contributed by atoms with E-state index in [1.54, 1.807) is 14.2 Å². The van der Waals surface area contributed by atoms with Crippen LogP contribution in [0.2, 0.25) is 0 Å². The van der Waals surface area contributed by atoms with E-state index in [4.69, 9.17) is 15.2 Å². The Balaban J connectivity index is 0.00000392. The number of nitrogens with zero attached hydrogens (tertiary/aromatic N) is 2. The van der Waals surface area contributed by atoms with Crippen LogP contribution in [0.5, 0.6) is 11.5 Å². The van der Waals surface area contributed by atoms with Crippen molar-refractivity contribution in [1.82, 2.24) is 9.88 Å². The summed E-state index contributed by atoms with van der Waals surface area (Å²) in [6, 6.07) is 5.85. The van der Waals surface area contributed by atoms with Crippen LogP contribution in [-0.4, -0.2) is 49.6 Å². The second-order valence-corrected chi connectivity index (χ2v) is 7.69.